The van der Waals surface area contributed by atoms with Crippen LogP contribution in [-0.4, -0.2) is 7.11 Å². The van der Waals surface area contributed by atoms with Crippen molar-refractivity contribution in [1.29, 1.82) is 0 Å². The normalized spacial score (nSPS) is 31.0. The van der Waals surface area contributed by atoms with Gasteiger partial charge in [-0.1, -0.05) is 31.2 Å². The first-order chi connectivity index (χ1) is 8.66. The van der Waals surface area contributed by atoms with E-state index in [1.165, 1.54) is 18.4 Å². The van der Waals surface area contributed by atoms with E-state index in [0.717, 1.165) is 5.75 Å². The van der Waals surface area contributed by atoms with Gasteiger partial charge in [0.2, 0.25) is 0 Å². The van der Waals surface area contributed by atoms with Crippen LogP contribution in [0.5, 0.6) is 5.75 Å². The van der Waals surface area contributed by atoms with E-state index in [4.69, 9.17) is 4.74 Å². The highest BCUT2D eigenvalue weighted by Gasteiger charge is 2.44. The quantitative estimate of drug-likeness (QED) is 0.713. The summed E-state index contributed by atoms with van der Waals surface area (Å²) in [6.07, 6.45) is 6.58. The third-order valence-corrected chi connectivity index (χ3v) is 4.59. The zero-order valence-electron chi connectivity index (χ0n) is 11.4. The number of rotatable bonds is 4. The van der Waals surface area contributed by atoms with E-state index in [2.05, 4.69) is 50.4 Å². The second-order valence-electron chi connectivity index (χ2n) is 5.28. The summed E-state index contributed by atoms with van der Waals surface area (Å²) in [6.45, 7) is 10.3. The van der Waals surface area contributed by atoms with Gasteiger partial charge in [-0.15, -0.1) is 13.2 Å². The van der Waals surface area contributed by atoms with Crippen LogP contribution in [0, 0.1) is 11.8 Å². The number of methoxy groups -OCH3 is 1. The van der Waals surface area contributed by atoms with E-state index in [1.54, 1.807) is 7.11 Å². The average molecular weight is 242 g/mol. The molecule has 0 bridgehead atoms. The molecule has 0 N–H and O–H groups in total. The highest BCUT2D eigenvalue weighted by atomic mass is 16.5. The molecule has 0 amide bonds. The zero-order chi connectivity index (χ0) is 13.2. The van der Waals surface area contributed by atoms with Crippen molar-refractivity contribution < 1.29 is 4.74 Å². The molecular formula is C17H22O. The second-order valence-corrected chi connectivity index (χ2v) is 5.28. The number of allylic oxidation sites excluding steroid dienone is 2. The maximum Gasteiger partial charge on any atom is 0.119 e. The minimum absolute atomic E-state index is 0.0953. The molecule has 1 aliphatic rings. The van der Waals surface area contributed by atoms with Crippen LogP contribution in [0.2, 0.25) is 0 Å². The first-order valence-corrected chi connectivity index (χ1v) is 6.56. The fourth-order valence-corrected chi connectivity index (χ4v) is 3.35. The lowest BCUT2D eigenvalue weighted by molar-refractivity contribution is 0.345. The lowest BCUT2D eigenvalue weighted by Crippen LogP contribution is -2.31. The van der Waals surface area contributed by atoms with Crippen molar-refractivity contribution in [3.8, 4) is 5.75 Å². The molecule has 0 spiro atoms. The van der Waals surface area contributed by atoms with Crippen molar-refractivity contribution in [3.05, 3.63) is 55.1 Å². The molecule has 1 nitrogen and oxygen atoms in total. The topological polar surface area (TPSA) is 9.23 Å². The zero-order valence-corrected chi connectivity index (χ0v) is 11.4. The minimum atomic E-state index is 0.0953. The van der Waals surface area contributed by atoms with Gasteiger partial charge in [-0.2, -0.15) is 0 Å². The molecule has 0 aromatic heterocycles. The van der Waals surface area contributed by atoms with Crippen LogP contribution in [0.25, 0.3) is 0 Å². The Morgan fingerprint density at radius 2 is 1.83 bits per heavy atom. The van der Waals surface area contributed by atoms with Gasteiger partial charge < -0.3 is 4.74 Å². The van der Waals surface area contributed by atoms with E-state index in [9.17, 15) is 0 Å². The van der Waals surface area contributed by atoms with Gasteiger partial charge >= 0.3 is 0 Å². The Balaban J connectivity index is 2.48. The van der Waals surface area contributed by atoms with Crippen molar-refractivity contribution in [2.75, 3.05) is 7.11 Å². The Bertz CT molecular complexity index is 431. The largest absolute Gasteiger partial charge is 0.497 e. The average Bonchev–Trinajstić information content (AvgIpc) is 2.76. The third kappa shape index (κ3) is 1.88. The minimum Gasteiger partial charge on any atom is -0.497 e. The van der Waals surface area contributed by atoms with Crippen molar-refractivity contribution >= 4 is 0 Å². The Kier molecular flexibility index (Phi) is 3.60. The van der Waals surface area contributed by atoms with Crippen LogP contribution in [0.4, 0.5) is 0 Å². The Morgan fingerprint density at radius 1 is 1.22 bits per heavy atom. The van der Waals surface area contributed by atoms with Gasteiger partial charge in [0, 0.05) is 5.41 Å². The highest BCUT2D eigenvalue weighted by molar-refractivity contribution is 5.37. The van der Waals surface area contributed by atoms with Crippen LogP contribution in [0.3, 0.4) is 0 Å². The van der Waals surface area contributed by atoms with Gasteiger partial charge in [-0.05, 0) is 42.4 Å². The number of benzene rings is 1. The third-order valence-electron chi connectivity index (χ3n) is 4.59. The Morgan fingerprint density at radius 3 is 2.33 bits per heavy atom. The monoisotopic (exact) mass is 242 g/mol. The van der Waals surface area contributed by atoms with Gasteiger partial charge in [0.25, 0.3) is 0 Å². The van der Waals surface area contributed by atoms with E-state index in [-0.39, 0.29) is 5.41 Å². The summed E-state index contributed by atoms with van der Waals surface area (Å²) in [5.41, 5.74) is 1.42. The molecule has 1 aromatic rings. The van der Waals surface area contributed by atoms with E-state index >= 15 is 0 Å². The standard InChI is InChI=1S/C17H22O/c1-5-13-10-11-14(6-2)17(13,3)15-8-7-9-16(12-15)18-4/h5-9,12-14H,1-2,10-11H2,3-4H3/t13-,14+,17?. The van der Waals surface area contributed by atoms with Crippen molar-refractivity contribution in [2.45, 2.75) is 25.2 Å². The summed E-state index contributed by atoms with van der Waals surface area (Å²) in [4.78, 5) is 0. The number of hydrogen-bond acceptors (Lipinski definition) is 1. The summed E-state index contributed by atoms with van der Waals surface area (Å²) in [5.74, 6) is 1.94. The van der Waals surface area contributed by atoms with E-state index < -0.39 is 0 Å². The summed E-state index contributed by atoms with van der Waals surface area (Å²) in [7, 11) is 1.71. The molecule has 0 saturated heterocycles. The number of hydrogen-bond donors (Lipinski definition) is 0. The van der Waals surface area contributed by atoms with Gasteiger partial charge in [0.15, 0.2) is 0 Å². The maximum atomic E-state index is 5.35. The van der Waals surface area contributed by atoms with Crippen LogP contribution >= 0.6 is 0 Å². The highest BCUT2D eigenvalue weighted by Crippen LogP contribution is 2.50. The summed E-state index contributed by atoms with van der Waals surface area (Å²) >= 11 is 0. The summed E-state index contributed by atoms with van der Waals surface area (Å²) in [5, 5.41) is 0. The molecule has 2 rings (SSSR count). The van der Waals surface area contributed by atoms with Crippen LogP contribution in [0.1, 0.15) is 25.3 Å². The molecule has 1 fully saturated rings. The van der Waals surface area contributed by atoms with Crippen molar-refractivity contribution in [2.24, 2.45) is 11.8 Å². The molecule has 3 atom stereocenters. The van der Waals surface area contributed by atoms with Crippen LogP contribution in [-0.2, 0) is 5.41 Å². The first kappa shape index (κ1) is 12.9. The van der Waals surface area contributed by atoms with Crippen molar-refractivity contribution in [1.82, 2.24) is 0 Å². The fourth-order valence-electron chi connectivity index (χ4n) is 3.35. The van der Waals surface area contributed by atoms with Crippen LogP contribution < -0.4 is 4.74 Å². The second kappa shape index (κ2) is 5.01. The molecule has 1 aliphatic carbocycles. The maximum absolute atomic E-state index is 5.35. The molecule has 18 heavy (non-hydrogen) atoms. The van der Waals surface area contributed by atoms with Gasteiger partial charge in [-0.25, -0.2) is 0 Å². The molecule has 1 heteroatoms. The smallest absolute Gasteiger partial charge is 0.119 e. The SMILES string of the molecule is C=C[C@@H]1CC[C@H](C=C)C1(C)c1cccc(OC)c1. The van der Waals surface area contributed by atoms with Crippen LogP contribution in [0.15, 0.2) is 49.6 Å². The lowest BCUT2D eigenvalue weighted by atomic mass is 9.68. The van der Waals surface area contributed by atoms with E-state index in [1.807, 2.05) is 6.07 Å². The molecule has 1 saturated carbocycles. The number of ether oxygens (including phenoxy) is 1. The summed E-state index contributed by atoms with van der Waals surface area (Å²) < 4.78 is 5.35. The molecule has 0 heterocycles. The van der Waals surface area contributed by atoms with Gasteiger partial charge in [0.1, 0.15) is 5.75 Å². The molecule has 1 unspecified atom stereocenters. The van der Waals surface area contributed by atoms with Gasteiger partial charge in [0.05, 0.1) is 7.11 Å². The first-order valence-electron chi connectivity index (χ1n) is 6.56. The molecule has 0 radical (unpaired) electrons. The predicted molar refractivity (Wildman–Crippen MR) is 77.0 cm³/mol. The summed E-state index contributed by atoms with van der Waals surface area (Å²) in [6, 6.07) is 8.41. The molecule has 0 aliphatic heterocycles. The predicted octanol–water partition coefficient (Wildman–Crippen LogP) is 4.35. The van der Waals surface area contributed by atoms with E-state index in [0.29, 0.717) is 11.8 Å². The molecular weight excluding hydrogens is 220 g/mol. The Hall–Kier alpha value is -1.50. The van der Waals surface area contributed by atoms with Gasteiger partial charge in [-0.3, -0.25) is 0 Å². The Labute approximate surface area is 110 Å². The molecule has 1 aromatic carbocycles. The van der Waals surface area contributed by atoms with Crippen molar-refractivity contribution in [3.63, 3.8) is 0 Å². The fraction of sp³-hybridized carbons (Fsp3) is 0.412. The lowest BCUT2D eigenvalue weighted by Gasteiger charge is -2.35. The molecule has 96 valence electrons.